The summed E-state index contributed by atoms with van der Waals surface area (Å²) in [6.45, 7) is 8.40. The first kappa shape index (κ1) is 31.7. The van der Waals surface area contributed by atoms with Crippen molar-refractivity contribution in [2.75, 3.05) is 30.8 Å². The Hall–Kier alpha value is -4.23. The molecule has 0 radical (unpaired) electrons. The summed E-state index contributed by atoms with van der Waals surface area (Å²) >= 11 is 1.65. The van der Waals surface area contributed by atoms with Crippen molar-refractivity contribution in [2.45, 2.75) is 53.0 Å². The van der Waals surface area contributed by atoms with Gasteiger partial charge in [-0.15, -0.1) is 0 Å². The maximum atomic E-state index is 13.9. The summed E-state index contributed by atoms with van der Waals surface area (Å²) in [5.74, 6) is 0.658. The third kappa shape index (κ3) is 6.13. The Morgan fingerprint density at radius 2 is 1.61 bits per heavy atom. The van der Waals surface area contributed by atoms with Gasteiger partial charge in [0, 0.05) is 30.5 Å². The Morgan fingerprint density at radius 3 is 2.24 bits per heavy atom. The minimum atomic E-state index is -0.844. The molecule has 1 saturated heterocycles. The van der Waals surface area contributed by atoms with Crippen molar-refractivity contribution in [3.05, 3.63) is 106 Å². The number of carbonyl (C=O) groups excluding carboxylic acids is 1. The van der Waals surface area contributed by atoms with E-state index in [0.717, 1.165) is 88.3 Å². The van der Waals surface area contributed by atoms with Crippen molar-refractivity contribution in [2.24, 2.45) is 5.92 Å². The van der Waals surface area contributed by atoms with Crippen LogP contribution in [0.3, 0.4) is 0 Å². The molecule has 0 atom stereocenters. The molecule has 1 N–H and O–H groups in total. The first-order chi connectivity index (χ1) is 22.2. The molecule has 0 bridgehead atoms. The molecule has 0 aliphatic carbocycles. The first-order valence-corrected chi connectivity index (χ1v) is 17.2. The second kappa shape index (κ2) is 13.2. The zero-order valence-corrected chi connectivity index (χ0v) is 28.2. The van der Waals surface area contributed by atoms with Gasteiger partial charge >= 0.3 is 5.97 Å². The zero-order chi connectivity index (χ0) is 32.5. The Labute approximate surface area is 276 Å². The second-order valence-corrected chi connectivity index (χ2v) is 13.4. The molecule has 2 aliphatic heterocycles. The number of methoxy groups -OCH3 is 1. The predicted octanol–water partition coefficient (Wildman–Crippen LogP) is 8.27. The summed E-state index contributed by atoms with van der Waals surface area (Å²) < 4.78 is 7.56. The minimum Gasteiger partial charge on any atom is -0.497 e. The number of fused-ring (bicyclic) bond motifs is 3. The quantitative estimate of drug-likeness (QED) is 0.197. The van der Waals surface area contributed by atoms with Crippen molar-refractivity contribution in [3.8, 4) is 28.0 Å². The van der Waals surface area contributed by atoms with Gasteiger partial charge < -0.3 is 19.0 Å². The number of hydrogen-bond acceptors (Lipinski definition) is 5. The Morgan fingerprint density at radius 1 is 0.913 bits per heavy atom. The topological polar surface area (TPSA) is 70.1 Å². The number of rotatable bonds is 8. The van der Waals surface area contributed by atoms with Gasteiger partial charge in [0.15, 0.2) is 0 Å². The highest BCUT2D eigenvalue weighted by Gasteiger charge is 2.32. The van der Waals surface area contributed by atoms with E-state index in [1.807, 2.05) is 30.0 Å². The van der Waals surface area contributed by atoms with Crippen LogP contribution in [0.25, 0.3) is 22.3 Å². The highest BCUT2D eigenvalue weighted by Crippen LogP contribution is 2.50. The van der Waals surface area contributed by atoms with Crippen LogP contribution in [-0.2, 0) is 24.2 Å². The van der Waals surface area contributed by atoms with Crippen LogP contribution in [0.2, 0.25) is 0 Å². The molecule has 0 spiro atoms. The van der Waals surface area contributed by atoms with Crippen molar-refractivity contribution in [3.63, 3.8) is 0 Å². The number of carboxylic acid groups (broad SMARTS) is 1. The summed E-state index contributed by atoms with van der Waals surface area (Å²) in [6, 6.07) is 22.8. The van der Waals surface area contributed by atoms with Gasteiger partial charge in [-0.2, -0.15) is 0 Å². The van der Waals surface area contributed by atoms with E-state index in [1.54, 1.807) is 19.1 Å². The smallest absolute Gasteiger partial charge is 0.307 e. The largest absolute Gasteiger partial charge is 0.497 e. The SMILES string of the molecule is COc1ccc(CC2CCN(C(=O)c3ccc4c(c3)-c3c(C)c(-c5ccc(C)cc5)c(CC(=O)O)c(C)c3N(SC)C4)CC2)cc1. The van der Waals surface area contributed by atoms with Crippen LogP contribution in [0, 0.1) is 26.7 Å². The molecule has 6 rings (SSSR count). The highest BCUT2D eigenvalue weighted by atomic mass is 32.2. The summed E-state index contributed by atoms with van der Waals surface area (Å²) in [5, 5.41) is 9.95. The van der Waals surface area contributed by atoms with Crippen molar-refractivity contribution >= 4 is 29.5 Å². The molecule has 4 aromatic carbocycles. The monoisotopic (exact) mass is 634 g/mol. The molecular formula is C39H42N2O4S. The number of amides is 1. The average Bonchev–Trinajstić information content (AvgIpc) is 3.07. The highest BCUT2D eigenvalue weighted by molar-refractivity contribution is 7.99. The molecule has 6 nitrogen and oxygen atoms in total. The Balaban J connectivity index is 1.33. The van der Waals surface area contributed by atoms with Crippen LogP contribution in [0.5, 0.6) is 5.75 Å². The molecule has 0 unspecified atom stereocenters. The fourth-order valence-corrected chi connectivity index (χ4v) is 7.94. The number of carbonyl (C=O) groups is 2. The number of benzene rings is 4. The van der Waals surface area contributed by atoms with E-state index in [-0.39, 0.29) is 12.3 Å². The van der Waals surface area contributed by atoms with E-state index in [4.69, 9.17) is 4.74 Å². The molecule has 238 valence electrons. The van der Waals surface area contributed by atoms with Crippen LogP contribution in [0.15, 0.2) is 66.7 Å². The number of carboxylic acids is 1. The predicted molar refractivity (Wildman–Crippen MR) is 188 cm³/mol. The van der Waals surface area contributed by atoms with Gasteiger partial charge in [-0.25, -0.2) is 0 Å². The Bertz CT molecular complexity index is 1770. The molecular weight excluding hydrogens is 593 g/mol. The lowest BCUT2D eigenvalue weighted by atomic mass is 9.80. The van der Waals surface area contributed by atoms with E-state index >= 15 is 0 Å². The van der Waals surface area contributed by atoms with E-state index in [2.05, 4.69) is 72.9 Å². The first-order valence-electron chi connectivity index (χ1n) is 16.0. The van der Waals surface area contributed by atoms with E-state index in [1.165, 1.54) is 11.1 Å². The molecule has 1 fully saturated rings. The molecule has 2 aliphatic rings. The molecule has 7 heteroatoms. The molecule has 0 saturated carbocycles. The van der Waals surface area contributed by atoms with Crippen molar-refractivity contribution in [1.82, 2.24) is 4.90 Å². The summed E-state index contributed by atoms with van der Waals surface area (Å²) in [7, 11) is 1.69. The number of ether oxygens (including phenoxy) is 1. The third-order valence-corrected chi connectivity index (χ3v) is 10.5. The van der Waals surface area contributed by atoms with Gasteiger partial charge in [0.05, 0.1) is 25.8 Å². The zero-order valence-electron chi connectivity index (χ0n) is 27.4. The molecule has 0 aromatic heterocycles. The van der Waals surface area contributed by atoms with Crippen LogP contribution in [-0.4, -0.2) is 48.3 Å². The normalized spacial score (nSPS) is 14.5. The number of likely N-dealkylation sites (tertiary alicyclic amines) is 1. The molecule has 4 aromatic rings. The number of nitrogens with zero attached hydrogens (tertiary/aromatic N) is 2. The van der Waals surface area contributed by atoms with E-state index in [0.29, 0.717) is 18.0 Å². The van der Waals surface area contributed by atoms with E-state index in [9.17, 15) is 14.7 Å². The van der Waals surface area contributed by atoms with E-state index < -0.39 is 5.97 Å². The summed E-state index contributed by atoms with van der Waals surface area (Å²) in [5.41, 5.74) is 12.4. The van der Waals surface area contributed by atoms with Gasteiger partial charge in [0.1, 0.15) is 5.75 Å². The standard InChI is InChI=1S/C39H42N2O4S/c1-24-6-10-29(11-7-24)36-26(3)37-34-21-30(12-13-31(34)23-41(46-5)38(37)25(2)33(36)22-35(42)43)39(44)40-18-16-28(17-19-40)20-27-8-14-32(45-4)15-9-27/h6-15,21,28H,16-20,22-23H2,1-5H3,(H,42,43). The number of hydrogen-bond donors (Lipinski definition) is 1. The van der Waals surface area contributed by atoms with Gasteiger partial charge in [-0.3, -0.25) is 9.59 Å². The molecule has 2 heterocycles. The number of aryl methyl sites for hydroxylation is 1. The van der Waals surface area contributed by atoms with Gasteiger partial charge in [-0.05, 0) is 115 Å². The Kier molecular flexibility index (Phi) is 9.14. The third-order valence-electron chi connectivity index (χ3n) is 9.76. The lowest BCUT2D eigenvalue weighted by molar-refractivity contribution is -0.136. The van der Waals surface area contributed by atoms with Crippen LogP contribution in [0.4, 0.5) is 5.69 Å². The maximum absolute atomic E-state index is 13.9. The van der Waals surface area contributed by atoms with Gasteiger partial charge in [0.2, 0.25) is 0 Å². The number of aliphatic carboxylic acids is 1. The molecule has 46 heavy (non-hydrogen) atoms. The lowest BCUT2D eigenvalue weighted by Crippen LogP contribution is -2.39. The van der Waals surface area contributed by atoms with Crippen LogP contribution in [0.1, 0.15) is 56.6 Å². The summed E-state index contributed by atoms with van der Waals surface area (Å²) in [4.78, 5) is 28.1. The van der Waals surface area contributed by atoms with Gasteiger partial charge in [-0.1, -0.05) is 60.0 Å². The lowest BCUT2D eigenvalue weighted by Gasteiger charge is -2.36. The maximum Gasteiger partial charge on any atom is 0.307 e. The van der Waals surface area contributed by atoms with Crippen molar-refractivity contribution in [1.29, 1.82) is 0 Å². The average molecular weight is 635 g/mol. The number of piperidine rings is 1. The van der Waals surface area contributed by atoms with Crippen molar-refractivity contribution < 1.29 is 19.4 Å². The number of anilines is 1. The fraction of sp³-hybridized carbons (Fsp3) is 0.333. The fourth-order valence-electron chi connectivity index (χ4n) is 7.26. The van der Waals surface area contributed by atoms with Crippen LogP contribution < -0.4 is 9.04 Å². The summed E-state index contributed by atoms with van der Waals surface area (Å²) in [6.07, 6.45) is 4.99. The molecule has 1 amide bonds. The second-order valence-electron chi connectivity index (χ2n) is 12.6. The minimum absolute atomic E-state index is 0.0504. The van der Waals surface area contributed by atoms with Crippen LogP contribution >= 0.6 is 11.9 Å². The van der Waals surface area contributed by atoms with Gasteiger partial charge in [0.25, 0.3) is 5.91 Å².